The number of nitrogens with one attached hydrogen (secondary N) is 1. The number of hydrogen-bond donors (Lipinski definition) is 1. The fraction of sp³-hybridized carbons (Fsp3) is 0.276. The number of halogens is 2. The monoisotopic (exact) mass is 570 g/mol. The summed E-state index contributed by atoms with van der Waals surface area (Å²) in [7, 11) is 0. The molecule has 0 radical (unpaired) electrons. The molecule has 0 spiro atoms. The zero-order valence-electron chi connectivity index (χ0n) is 21.4. The third-order valence-corrected chi connectivity index (χ3v) is 6.55. The highest BCUT2D eigenvalue weighted by Gasteiger charge is 2.23. The van der Waals surface area contributed by atoms with Crippen molar-refractivity contribution in [3.05, 3.63) is 101 Å². The second-order valence-electron chi connectivity index (χ2n) is 8.94. The molecule has 8 nitrogen and oxygen atoms in total. The van der Waals surface area contributed by atoms with E-state index in [0.717, 1.165) is 40.6 Å². The molecule has 1 saturated heterocycles. The van der Waals surface area contributed by atoms with Gasteiger partial charge in [0.15, 0.2) is 0 Å². The number of amides is 1. The first-order chi connectivity index (χ1) is 18.2. The number of carbonyl (C=O) groups is 1. The summed E-state index contributed by atoms with van der Waals surface area (Å²) in [6, 6.07) is 21.3. The van der Waals surface area contributed by atoms with E-state index in [9.17, 15) is 9.59 Å². The molecule has 1 amide bonds. The highest BCUT2D eigenvalue weighted by Crippen LogP contribution is 2.23. The van der Waals surface area contributed by atoms with Crippen LogP contribution in [0, 0.1) is 0 Å². The van der Waals surface area contributed by atoms with Gasteiger partial charge in [0.1, 0.15) is 12.4 Å². The molecule has 1 N–H and O–H groups in total. The summed E-state index contributed by atoms with van der Waals surface area (Å²) >= 11 is 0. The van der Waals surface area contributed by atoms with E-state index in [-0.39, 0.29) is 42.5 Å². The van der Waals surface area contributed by atoms with Gasteiger partial charge in [-0.1, -0.05) is 18.2 Å². The molecule has 4 aromatic rings. The zero-order chi connectivity index (χ0) is 25.5. The third kappa shape index (κ3) is 7.50. The lowest BCUT2D eigenvalue weighted by Gasteiger charge is -2.20. The Morgan fingerprint density at radius 2 is 1.74 bits per heavy atom. The van der Waals surface area contributed by atoms with Crippen LogP contribution in [-0.2, 0) is 11.3 Å². The Kier molecular flexibility index (Phi) is 11.2. The highest BCUT2D eigenvalue weighted by molar-refractivity contribution is 5.89. The summed E-state index contributed by atoms with van der Waals surface area (Å²) in [6.07, 6.45) is 6.86. The van der Waals surface area contributed by atoms with Gasteiger partial charge in [-0.2, -0.15) is 0 Å². The maximum atomic E-state index is 12.8. The SMILES string of the molecule is Cl.Cl.O=C1OCCN1c1ccc(OCCCC(NCCn2ccc3ccccc3c2=O)c2ccncc2)cc1. The number of ether oxygens (including phenoxy) is 2. The Hall–Kier alpha value is -3.59. The van der Waals surface area contributed by atoms with Crippen molar-refractivity contribution in [2.75, 3.05) is 31.2 Å². The number of pyridine rings is 2. The summed E-state index contributed by atoms with van der Waals surface area (Å²) < 4.78 is 12.7. The number of aromatic nitrogens is 2. The summed E-state index contributed by atoms with van der Waals surface area (Å²) in [5.74, 6) is 0.764. The Labute approximate surface area is 239 Å². The van der Waals surface area contributed by atoms with E-state index in [0.29, 0.717) is 32.8 Å². The summed E-state index contributed by atoms with van der Waals surface area (Å²) in [4.78, 5) is 30.3. The Bertz CT molecular complexity index is 1400. The Morgan fingerprint density at radius 1 is 0.974 bits per heavy atom. The summed E-state index contributed by atoms with van der Waals surface area (Å²) in [5.41, 5.74) is 1.99. The van der Waals surface area contributed by atoms with Gasteiger partial charge in [0, 0.05) is 48.8 Å². The van der Waals surface area contributed by atoms with Gasteiger partial charge in [0.2, 0.25) is 0 Å². The first-order valence-corrected chi connectivity index (χ1v) is 12.6. The lowest BCUT2D eigenvalue weighted by molar-refractivity contribution is 0.181. The molecule has 10 heteroatoms. The second kappa shape index (κ2) is 14.5. The van der Waals surface area contributed by atoms with Crippen LogP contribution in [0.2, 0.25) is 0 Å². The number of hydrogen-bond acceptors (Lipinski definition) is 6. The third-order valence-electron chi connectivity index (χ3n) is 6.55. The van der Waals surface area contributed by atoms with E-state index >= 15 is 0 Å². The smallest absolute Gasteiger partial charge is 0.414 e. The van der Waals surface area contributed by atoms with Gasteiger partial charge in [-0.15, -0.1) is 24.8 Å². The van der Waals surface area contributed by atoms with Crippen molar-refractivity contribution in [1.82, 2.24) is 14.9 Å². The van der Waals surface area contributed by atoms with E-state index in [1.54, 1.807) is 21.9 Å². The van der Waals surface area contributed by atoms with E-state index in [2.05, 4.69) is 10.3 Å². The number of fused-ring (bicyclic) bond motifs is 1. The number of nitrogens with zero attached hydrogens (tertiary/aromatic N) is 3. The molecule has 39 heavy (non-hydrogen) atoms. The molecule has 0 bridgehead atoms. The topological polar surface area (TPSA) is 85.7 Å². The van der Waals surface area contributed by atoms with Crippen molar-refractivity contribution in [3.8, 4) is 5.75 Å². The van der Waals surface area contributed by atoms with Crippen LogP contribution in [0.4, 0.5) is 10.5 Å². The van der Waals surface area contributed by atoms with Crippen molar-refractivity contribution >= 4 is 47.4 Å². The van der Waals surface area contributed by atoms with Crippen molar-refractivity contribution < 1.29 is 14.3 Å². The van der Waals surface area contributed by atoms with Gasteiger partial charge in [-0.25, -0.2) is 4.79 Å². The number of rotatable bonds is 11. The molecular weight excluding hydrogens is 539 g/mol. The fourth-order valence-corrected chi connectivity index (χ4v) is 4.58. The van der Waals surface area contributed by atoms with Gasteiger partial charge in [-0.05, 0) is 72.3 Å². The van der Waals surface area contributed by atoms with Gasteiger partial charge >= 0.3 is 6.09 Å². The van der Waals surface area contributed by atoms with Crippen LogP contribution in [0.25, 0.3) is 10.8 Å². The Morgan fingerprint density at radius 3 is 2.49 bits per heavy atom. The molecule has 1 atom stereocenters. The summed E-state index contributed by atoms with van der Waals surface area (Å²) in [6.45, 7) is 2.80. The quantitative estimate of drug-likeness (QED) is 0.243. The number of anilines is 1. The predicted molar refractivity (Wildman–Crippen MR) is 158 cm³/mol. The van der Waals surface area contributed by atoms with E-state index in [1.807, 2.05) is 72.9 Å². The van der Waals surface area contributed by atoms with Crippen LogP contribution in [-0.4, -0.2) is 41.9 Å². The molecule has 5 rings (SSSR count). The number of carbonyl (C=O) groups excluding carboxylic acids is 1. The van der Waals surface area contributed by atoms with Crippen LogP contribution < -0.4 is 20.5 Å². The molecule has 206 valence electrons. The predicted octanol–water partition coefficient (Wildman–Crippen LogP) is 5.39. The lowest BCUT2D eigenvalue weighted by Crippen LogP contribution is -2.29. The van der Waals surface area contributed by atoms with Crippen LogP contribution in [0.1, 0.15) is 24.4 Å². The number of benzene rings is 2. The van der Waals surface area contributed by atoms with Gasteiger partial charge in [0.25, 0.3) is 5.56 Å². The normalized spacial score (nSPS) is 13.3. The molecule has 1 aliphatic rings. The van der Waals surface area contributed by atoms with Crippen molar-refractivity contribution in [2.45, 2.75) is 25.4 Å². The van der Waals surface area contributed by atoms with Crippen LogP contribution >= 0.6 is 24.8 Å². The Balaban J connectivity index is 0.00000210. The molecule has 3 heterocycles. The van der Waals surface area contributed by atoms with E-state index in [1.165, 1.54) is 0 Å². The fourth-order valence-electron chi connectivity index (χ4n) is 4.58. The summed E-state index contributed by atoms with van der Waals surface area (Å²) in [5, 5.41) is 5.30. The standard InChI is InChI=1S/C29H30N4O4.2ClH/c34-28-26-5-2-1-4-22(26)13-17-32(28)18-16-31-27(23-11-14-30-15-12-23)6-3-20-36-25-9-7-24(8-10-25)33-19-21-37-29(33)35;;/h1-2,4-5,7-15,17,27,31H,3,6,16,18-21H2;2*1H. The van der Waals surface area contributed by atoms with Crippen LogP contribution in [0.3, 0.4) is 0 Å². The average Bonchev–Trinajstić information content (AvgIpc) is 3.38. The first kappa shape index (κ1) is 30.0. The van der Waals surface area contributed by atoms with Crippen LogP contribution in [0.5, 0.6) is 5.75 Å². The molecule has 1 aliphatic heterocycles. The molecule has 1 fully saturated rings. The maximum absolute atomic E-state index is 12.8. The molecule has 0 saturated carbocycles. The molecule has 2 aromatic heterocycles. The average molecular weight is 572 g/mol. The van der Waals surface area contributed by atoms with Gasteiger partial charge < -0.3 is 19.4 Å². The van der Waals surface area contributed by atoms with Crippen LogP contribution in [0.15, 0.2) is 90.1 Å². The molecular formula is C29H32Cl2N4O4. The van der Waals surface area contributed by atoms with E-state index in [4.69, 9.17) is 9.47 Å². The first-order valence-electron chi connectivity index (χ1n) is 12.6. The lowest BCUT2D eigenvalue weighted by atomic mass is 10.0. The van der Waals surface area contributed by atoms with Crippen molar-refractivity contribution in [3.63, 3.8) is 0 Å². The van der Waals surface area contributed by atoms with Gasteiger partial charge in [0.05, 0.1) is 13.2 Å². The van der Waals surface area contributed by atoms with Crippen molar-refractivity contribution in [1.29, 1.82) is 0 Å². The largest absolute Gasteiger partial charge is 0.494 e. The molecule has 2 aromatic carbocycles. The highest BCUT2D eigenvalue weighted by atomic mass is 35.5. The molecule has 1 unspecified atom stereocenters. The maximum Gasteiger partial charge on any atom is 0.414 e. The second-order valence-corrected chi connectivity index (χ2v) is 8.94. The van der Waals surface area contributed by atoms with Crippen molar-refractivity contribution in [2.24, 2.45) is 0 Å². The minimum Gasteiger partial charge on any atom is -0.494 e. The molecule has 0 aliphatic carbocycles. The zero-order valence-corrected chi connectivity index (χ0v) is 23.0. The van der Waals surface area contributed by atoms with Gasteiger partial charge in [-0.3, -0.25) is 14.7 Å². The minimum absolute atomic E-state index is 0. The van der Waals surface area contributed by atoms with E-state index < -0.39 is 0 Å². The minimum atomic E-state index is -0.311. The number of cyclic esters (lactones) is 1.